The molecule has 0 aliphatic carbocycles. The van der Waals surface area contributed by atoms with Gasteiger partial charge in [0.2, 0.25) is 0 Å². The van der Waals surface area contributed by atoms with Gasteiger partial charge in [0.25, 0.3) is 0 Å². The van der Waals surface area contributed by atoms with Gasteiger partial charge in [0, 0.05) is 6.07 Å². The van der Waals surface area contributed by atoms with Crippen molar-refractivity contribution in [3.8, 4) is 5.75 Å². The molecule has 0 atom stereocenters. The molecular formula is C13H12N4O3. The van der Waals surface area contributed by atoms with Gasteiger partial charge in [-0.15, -0.1) is 10.2 Å². The summed E-state index contributed by atoms with van der Waals surface area (Å²) in [6.45, 7) is 2.05. The van der Waals surface area contributed by atoms with Crippen LogP contribution in [0.25, 0.3) is 16.7 Å². The van der Waals surface area contributed by atoms with Crippen molar-refractivity contribution in [1.82, 2.24) is 19.8 Å². The monoisotopic (exact) mass is 272 g/mol. The summed E-state index contributed by atoms with van der Waals surface area (Å²) >= 11 is 0. The number of benzene rings is 1. The highest BCUT2D eigenvalue weighted by Gasteiger charge is 2.17. The summed E-state index contributed by atoms with van der Waals surface area (Å²) in [7, 11) is 1.58. The summed E-state index contributed by atoms with van der Waals surface area (Å²) in [5.74, 6) is 0.230. The molecule has 0 saturated carbocycles. The highest BCUT2D eigenvalue weighted by molar-refractivity contribution is 5.96. The number of carbonyl (C=O) groups excluding carboxylic acids is 1. The van der Waals surface area contributed by atoms with Gasteiger partial charge < -0.3 is 9.47 Å². The lowest BCUT2D eigenvalue weighted by Crippen LogP contribution is -2.05. The fourth-order valence-corrected chi connectivity index (χ4v) is 1.96. The first-order chi connectivity index (χ1) is 9.74. The molecule has 3 rings (SSSR count). The standard InChI is InChI=1S/C13H12N4O3/c1-3-20-13(18)9-7-14-17-11-5-4-8(19-2)6-10(11)15-16-12(9)17/h4-7H,3H2,1-2H3. The van der Waals surface area contributed by atoms with Crippen LogP contribution in [0.5, 0.6) is 5.75 Å². The summed E-state index contributed by atoms with van der Waals surface area (Å²) in [6, 6.07) is 5.38. The molecule has 0 aliphatic rings. The molecule has 0 amide bonds. The Morgan fingerprint density at radius 1 is 1.35 bits per heavy atom. The topological polar surface area (TPSA) is 78.6 Å². The summed E-state index contributed by atoms with van der Waals surface area (Å²) in [4.78, 5) is 11.8. The first kappa shape index (κ1) is 12.3. The van der Waals surface area contributed by atoms with Crippen LogP contribution < -0.4 is 4.74 Å². The van der Waals surface area contributed by atoms with Crippen LogP contribution in [0.15, 0.2) is 24.4 Å². The second kappa shape index (κ2) is 4.76. The minimum Gasteiger partial charge on any atom is -0.497 e. The SMILES string of the molecule is CCOC(=O)c1cnn2c1nnc1cc(OC)ccc12. The van der Waals surface area contributed by atoms with E-state index in [0.717, 1.165) is 5.52 Å². The zero-order valence-electron chi connectivity index (χ0n) is 11.0. The fourth-order valence-electron chi connectivity index (χ4n) is 1.96. The van der Waals surface area contributed by atoms with E-state index in [1.165, 1.54) is 6.20 Å². The predicted molar refractivity (Wildman–Crippen MR) is 70.8 cm³/mol. The molecule has 0 aliphatic heterocycles. The van der Waals surface area contributed by atoms with Gasteiger partial charge in [-0.1, -0.05) is 0 Å². The number of rotatable bonds is 3. The Labute approximate surface area is 114 Å². The maximum Gasteiger partial charge on any atom is 0.343 e. The lowest BCUT2D eigenvalue weighted by Gasteiger charge is -2.03. The van der Waals surface area contributed by atoms with Gasteiger partial charge in [-0.3, -0.25) is 0 Å². The quantitative estimate of drug-likeness (QED) is 0.672. The number of nitrogens with zero attached hydrogens (tertiary/aromatic N) is 4. The van der Waals surface area contributed by atoms with Crippen molar-refractivity contribution in [1.29, 1.82) is 0 Å². The highest BCUT2D eigenvalue weighted by Crippen LogP contribution is 2.20. The Balaban J connectivity index is 2.21. The zero-order chi connectivity index (χ0) is 14.1. The van der Waals surface area contributed by atoms with Crippen LogP contribution in [0, 0.1) is 0 Å². The molecule has 0 spiro atoms. The predicted octanol–water partition coefficient (Wildman–Crippen LogP) is 1.46. The van der Waals surface area contributed by atoms with E-state index < -0.39 is 5.97 Å². The van der Waals surface area contributed by atoms with Crippen LogP contribution in [0.1, 0.15) is 17.3 Å². The van der Waals surface area contributed by atoms with Gasteiger partial charge in [0.05, 0.1) is 25.4 Å². The molecule has 0 bridgehead atoms. The summed E-state index contributed by atoms with van der Waals surface area (Å²) in [5, 5.41) is 12.3. The number of hydrogen-bond donors (Lipinski definition) is 0. The molecule has 7 heteroatoms. The van der Waals surface area contributed by atoms with Gasteiger partial charge in [-0.2, -0.15) is 5.10 Å². The molecule has 20 heavy (non-hydrogen) atoms. The molecule has 0 unspecified atom stereocenters. The Hall–Kier alpha value is -2.70. The van der Waals surface area contributed by atoms with Gasteiger partial charge in [0.15, 0.2) is 5.65 Å². The Bertz CT molecular complexity index is 797. The van der Waals surface area contributed by atoms with E-state index in [0.29, 0.717) is 29.1 Å². The molecule has 102 valence electrons. The molecule has 0 saturated heterocycles. The van der Waals surface area contributed by atoms with Crippen LogP contribution in [-0.4, -0.2) is 39.5 Å². The van der Waals surface area contributed by atoms with Crippen LogP contribution in [0.4, 0.5) is 0 Å². The molecule has 0 N–H and O–H groups in total. The molecule has 2 aromatic heterocycles. The van der Waals surface area contributed by atoms with E-state index in [2.05, 4.69) is 15.3 Å². The lowest BCUT2D eigenvalue weighted by molar-refractivity contribution is 0.0528. The molecule has 3 aromatic rings. The molecule has 7 nitrogen and oxygen atoms in total. The third-order valence-electron chi connectivity index (χ3n) is 2.90. The molecule has 2 heterocycles. The van der Waals surface area contributed by atoms with Crippen LogP contribution in [-0.2, 0) is 4.74 Å². The number of ether oxygens (including phenoxy) is 2. The fraction of sp³-hybridized carbons (Fsp3) is 0.231. The number of fused-ring (bicyclic) bond motifs is 3. The van der Waals surface area contributed by atoms with Crippen LogP contribution in [0.2, 0.25) is 0 Å². The van der Waals surface area contributed by atoms with Gasteiger partial charge in [-0.05, 0) is 19.1 Å². The minimum atomic E-state index is -0.454. The average Bonchev–Trinajstić information content (AvgIpc) is 2.91. The Morgan fingerprint density at radius 2 is 2.20 bits per heavy atom. The second-order valence-corrected chi connectivity index (χ2v) is 4.07. The minimum absolute atomic E-state index is 0.300. The van der Waals surface area contributed by atoms with Crippen molar-refractivity contribution in [3.63, 3.8) is 0 Å². The number of aromatic nitrogens is 4. The number of methoxy groups -OCH3 is 1. The molecule has 0 fully saturated rings. The summed E-state index contributed by atoms with van der Waals surface area (Å²) in [6.07, 6.45) is 1.44. The van der Waals surface area contributed by atoms with Crippen molar-refractivity contribution in [2.45, 2.75) is 6.92 Å². The maximum absolute atomic E-state index is 11.8. The third kappa shape index (κ3) is 1.83. The summed E-state index contributed by atoms with van der Waals surface area (Å²) in [5.41, 5.74) is 2.06. The molecular weight excluding hydrogens is 260 g/mol. The Kier molecular flexibility index (Phi) is 2.94. The van der Waals surface area contributed by atoms with E-state index in [-0.39, 0.29) is 0 Å². The smallest absolute Gasteiger partial charge is 0.343 e. The first-order valence-corrected chi connectivity index (χ1v) is 6.10. The van der Waals surface area contributed by atoms with Crippen molar-refractivity contribution in [2.75, 3.05) is 13.7 Å². The van der Waals surface area contributed by atoms with Gasteiger partial charge in [-0.25, -0.2) is 9.31 Å². The normalized spacial score (nSPS) is 10.9. The summed E-state index contributed by atoms with van der Waals surface area (Å²) < 4.78 is 11.7. The highest BCUT2D eigenvalue weighted by atomic mass is 16.5. The average molecular weight is 272 g/mol. The van der Waals surface area contributed by atoms with Crippen molar-refractivity contribution in [3.05, 3.63) is 30.0 Å². The van der Waals surface area contributed by atoms with Crippen LogP contribution >= 0.6 is 0 Å². The Morgan fingerprint density at radius 3 is 2.95 bits per heavy atom. The van der Waals surface area contributed by atoms with Gasteiger partial charge in [0.1, 0.15) is 16.8 Å². The number of carbonyl (C=O) groups is 1. The van der Waals surface area contributed by atoms with Gasteiger partial charge >= 0.3 is 5.97 Å². The maximum atomic E-state index is 11.8. The zero-order valence-corrected chi connectivity index (χ0v) is 11.0. The largest absolute Gasteiger partial charge is 0.497 e. The third-order valence-corrected chi connectivity index (χ3v) is 2.90. The number of esters is 1. The van der Waals surface area contributed by atoms with E-state index in [1.807, 2.05) is 6.07 Å². The van der Waals surface area contributed by atoms with E-state index in [1.54, 1.807) is 30.7 Å². The van der Waals surface area contributed by atoms with E-state index >= 15 is 0 Å². The van der Waals surface area contributed by atoms with E-state index in [9.17, 15) is 4.79 Å². The van der Waals surface area contributed by atoms with Crippen molar-refractivity contribution in [2.24, 2.45) is 0 Å². The van der Waals surface area contributed by atoms with Crippen LogP contribution in [0.3, 0.4) is 0 Å². The molecule has 1 aromatic carbocycles. The van der Waals surface area contributed by atoms with Crippen molar-refractivity contribution < 1.29 is 14.3 Å². The first-order valence-electron chi connectivity index (χ1n) is 6.10. The van der Waals surface area contributed by atoms with Crippen molar-refractivity contribution >= 4 is 22.6 Å². The lowest BCUT2D eigenvalue weighted by atomic mass is 10.3. The molecule has 0 radical (unpaired) electrons. The van der Waals surface area contributed by atoms with E-state index in [4.69, 9.17) is 9.47 Å². The second-order valence-electron chi connectivity index (χ2n) is 4.07. The number of hydrogen-bond acceptors (Lipinski definition) is 6.